The van der Waals surface area contributed by atoms with Crippen molar-refractivity contribution in [2.45, 2.75) is 33.2 Å². The molecule has 2 aromatic heterocycles. The van der Waals surface area contributed by atoms with Crippen molar-refractivity contribution >= 4 is 22.8 Å². The van der Waals surface area contributed by atoms with Gasteiger partial charge in [0.1, 0.15) is 11.3 Å². The van der Waals surface area contributed by atoms with E-state index < -0.39 is 0 Å². The number of aryl methyl sites for hydroxylation is 1. The van der Waals surface area contributed by atoms with Gasteiger partial charge in [0.15, 0.2) is 5.65 Å². The molecule has 0 amide bonds. The number of hydrogen-bond acceptors (Lipinski definition) is 2. The molecule has 2 rings (SSSR count). The summed E-state index contributed by atoms with van der Waals surface area (Å²) in [5.74, 6) is 1.90. The Morgan fingerprint density at radius 3 is 2.81 bits per heavy atom. The standard InChI is InChI=1S/C12H16ClN3/c1-8(2)7-16-11(5-13)15-10-4-9(3)6-14-12(10)16/h4,6,8H,5,7H2,1-3H3. The van der Waals surface area contributed by atoms with Crippen molar-refractivity contribution in [3.8, 4) is 0 Å². The van der Waals surface area contributed by atoms with Crippen molar-refractivity contribution in [3.63, 3.8) is 0 Å². The predicted octanol–water partition coefficient (Wildman–Crippen LogP) is 3.13. The maximum absolute atomic E-state index is 5.92. The third-order valence-corrected chi connectivity index (χ3v) is 2.71. The molecule has 2 heterocycles. The largest absolute Gasteiger partial charge is 0.311 e. The first-order chi connectivity index (χ1) is 7.61. The minimum absolute atomic E-state index is 0.433. The van der Waals surface area contributed by atoms with Crippen molar-refractivity contribution < 1.29 is 0 Å². The Balaban J connectivity index is 2.59. The van der Waals surface area contributed by atoms with Crippen molar-refractivity contribution in [2.24, 2.45) is 5.92 Å². The number of halogens is 1. The number of nitrogens with zero attached hydrogens (tertiary/aromatic N) is 3. The van der Waals surface area contributed by atoms with Gasteiger partial charge in [0.2, 0.25) is 0 Å². The average molecular weight is 238 g/mol. The number of hydrogen-bond donors (Lipinski definition) is 0. The summed E-state index contributed by atoms with van der Waals surface area (Å²) in [6.07, 6.45) is 1.87. The van der Waals surface area contributed by atoms with Gasteiger partial charge in [-0.1, -0.05) is 13.8 Å². The van der Waals surface area contributed by atoms with Crippen LogP contribution in [0.4, 0.5) is 0 Å². The molecule has 16 heavy (non-hydrogen) atoms. The van der Waals surface area contributed by atoms with Crippen LogP contribution in [0, 0.1) is 12.8 Å². The topological polar surface area (TPSA) is 30.7 Å². The maximum atomic E-state index is 5.92. The van der Waals surface area contributed by atoms with Crippen LogP contribution in [0.3, 0.4) is 0 Å². The first-order valence-corrected chi connectivity index (χ1v) is 6.03. The van der Waals surface area contributed by atoms with Crippen molar-refractivity contribution in [1.82, 2.24) is 14.5 Å². The quantitative estimate of drug-likeness (QED) is 0.768. The predicted molar refractivity (Wildman–Crippen MR) is 66.7 cm³/mol. The third kappa shape index (κ3) is 2.05. The third-order valence-electron chi connectivity index (χ3n) is 2.47. The maximum Gasteiger partial charge on any atom is 0.160 e. The monoisotopic (exact) mass is 237 g/mol. The normalized spacial score (nSPS) is 11.6. The Morgan fingerprint density at radius 2 is 2.19 bits per heavy atom. The zero-order chi connectivity index (χ0) is 11.7. The molecule has 0 aliphatic rings. The first-order valence-electron chi connectivity index (χ1n) is 5.49. The van der Waals surface area contributed by atoms with Crippen LogP contribution in [0.1, 0.15) is 25.2 Å². The van der Waals surface area contributed by atoms with E-state index in [1.54, 1.807) is 0 Å². The van der Waals surface area contributed by atoms with Gasteiger partial charge in [-0.25, -0.2) is 9.97 Å². The molecule has 0 bridgehead atoms. The number of pyridine rings is 1. The van der Waals surface area contributed by atoms with Gasteiger partial charge in [-0.2, -0.15) is 0 Å². The summed E-state index contributed by atoms with van der Waals surface area (Å²) in [7, 11) is 0. The molecule has 0 saturated carbocycles. The SMILES string of the molecule is Cc1cnc2c(c1)nc(CCl)n2CC(C)C. The van der Waals surface area contributed by atoms with E-state index in [-0.39, 0.29) is 0 Å². The van der Waals surface area contributed by atoms with E-state index in [9.17, 15) is 0 Å². The van der Waals surface area contributed by atoms with Gasteiger partial charge >= 0.3 is 0 Å². The summed E-state index contributed by atoms with van der Waals surface area (Å²) in [5.41, 5.74) is 3.01. The Bertz CT molecular complexity index is 502. The van der Waals surface area contributed by atoms with Crippen molar-refractivity contribution in [1.29, 1.82) is 0 Å². The highest BCUT2D eigenvalue weighted by Crippen LogP contribution is 2.18. The van der Waals surface area contributed by atoms with Crippen LogP contribution in [0.2, 0.25) is 0 Å². The van der Waals surface area contributed by atoms with Gasteiger partial charge in [0.05, 0.1) is 5.88 Å². The molecule has 0 aromatic carbocycles. The first kappa shape index (κ1) is 11.4. The summed E-state index contributed by atoms with van der Waals surface area (Å²) in [6.45, 7) is 7.29. The fraction of sp³-hybridized carbons (Fsp3) is 0.500. The van der Waals surface area contributed by atoms with E-state index in [4.69, 9.17) is 11.6 Å². The van der Waals surface area contributed by atoms with Crippen LogP contribution >= 0.6 is 11.6 Å². The fourth-order valence-corrected chi connectivity index (χ4v) is 2.02. The van der Waals surface area contributed by atoms with Gasteiger partial charge in [-0.3, -0.25) is 0 Å². The number of fused-ring (bicyclic) bond motifs is 1. The summed E-state index contributed by atoms with van der Waals surface area (Å²) in [5, 5.41) is 0. The van der Waals surface area contributed by atoms with Crippen LogP contribution in [0.5, 0.6) is 0 Å². The number of aromatic nitrogens is 3. The zero-order valence-corrected chi connectivity index (χ0v) is 10.6. The van der Waals surface area contributed by atoms with Gasteiger partial charge in [0.25, 0.3) is 0 Å². The Labute approximate surface area is 100 Å². The Kier molecular flexibility index (Phi) is 3.15. The van der Waals surface area contributed by atoms with E-state index in [1.165, 1.54) is 0 Å². The second kappa shape index (κ2) is 4.42. The highest BCUT2D eigenvalue weighted by Gasteiger charge is 2.11. The average Bonchev–Trinajstić information content (AvgIpc) is 2.55. The molecule has 4 heteroatoms. The second-order valence-corrected chi connectivity index (χ2v) is 4.79. The van der Waals surface area contributed by atoms with Gasteiger partial charge < -0.3 is 4.57 Å². The zero-order valence-electron chi connectivity index (χ0n) is 9.87. The summed E-state index contributed by atoms with van der Waals surface area (Å²) >= 11 is 5.92. The van der Waals surface area contributed by atoms with E-state index in [2.05, 4.69) is 34.4 Å². The van der Waals surface area contributed by atoms with Gasteiger partial charge in [0, 0.05) is 12.7 Å². The molecule has 3 nitrogen and oxygen atoms in total. The molecule has 0 spiro atoms. The van der Waals surface area contributed by atoms with E-state index in [1.807, 2.05) is 13.1 Å². The Morgan fingerprint density at radius 1 is 1.44 bits per heavy atom. The molecule has 0 saturated heterocycles. The minimum atomic E-state index is 0.433. The van der Waals surface area contributed by atoms with Crippen LogP contribution in [-0.4, -0.2) is 14.5 Å². The molecule has 0 aliphatic carbocycles. The number of rotatable bonds is 3. The molecule has 0 aliphatic heterocycles. The molecule has 0 radical (unpaired) electrons. The van der Waals surface area contributed by atoms with E-state index in [0.29, 0.717) is 11.8 Å². The smallest absolute Gasteiger partial charge is 0.160 e. The highest BCUT2D eigenvalue weighted by atomic mass is 35.5. The second-order valence-electron chi connectivity index (χ2n) is 4.52. The van der Waals surface area contributed by atoms with Crippen LogP contribution in [0.25, 0.3) is 11.2 Å². The molecule has 0 atom stereocenters. The number of imidazole rings is 1. The van der Waals surface area contributed by atoms with Crippen LogP contribution < -0.4 is 0 Å². The lowest BCUT2D eigenvalue weighted by atomic mass is 10.2. The molecule has 0 fully saturated rings. The minimum Gasteiger partial charge on any atom is -0.311 e. The van der Waals surface area contributed by atoms with Gasteiger partial charge in [-0.15, -0.1) is 11.6 Å². The highest BCUT2D eigenvalue weighted by molar-refractivity contribution is 6.16. The van der Waals surface area contributed by atoms with Crippen LogP contribution in [0.15, 0.2) is 12.3 Å². The number of alkyl halides is 1. The lowest BCUT2D eigenvalue weighted by Crippen LogP contribution is -2.08. The van der Waals surface area contributed by atoms with E-state index >= 15 is 0 Å². The van der Waals surface area contributed by atoms with Crippen molar-refractivity contribution in [2.75, 3.05) is 0 Å². The fourth-order valence-electron chi connectivity index (χ4n) is 1.82. The van der Waals surface area contributed by atoms with Crippen LogP contribution in [-0.2, 0) is 12.4 Å². The van der Waals surface area contributed by atoms with Crippen molar-refractivity contribution in [3.05, 3.63) is 23.7 Å². The van der Waals surface area contributed by atoms with Gasteiger partial charge in [-0.05, 0) is 24.5 Å². The Hall–Kier alpha value is -1.09. The molecule has 2 aromatic rings. The summed E-state index contributed by atoms with van der Waals surface area (Å²) in [6, 6.07) is 2.05. The molecular weight excluding hydrogens is 222 g/mol. The molecule has 86 valence electrons. The summed E-state index contributed by atoms with van der Waals surface area (Å²) < 4.78 is 2.12. The lowest BCUT2D eigenvalue weighted by Gasteiger charge is -2.09. The molecule has 0 unspecified atom stereocenters. The lowest BCUT2D eigenvalue weighted by molar-refractivity contribution is 0.520. The summed E-state index contributed by atoms with van der Waals surface area (Å²) in [4.78, 5) is 8.96. The molecular formula is C12H16ClN3. The van der Waals surface area contributed by atoms with E-state index in [0.717, 1.165) is 29.1 Å². The molecule has 0 N–H and O–H groups in total.